The van der Waals surface area contributed by atoms with Gasteiger partial charge in [-0.25, -0.2) is 8.78 Å². The van der Waals surface area contributed by atoms with E-state index in [-0.39, 0.29) is 18.9 Å². The summed E-state index contributed by atoms with van der Waals surface area (Å²) in [5.74, 6) is -2.09. The smallest absolute Gasteiger partial charge is 0.248 e. The largest absolute Gasteiger partial charge is 0.472 e. The molecule has 0 radical (unpaired) electrons. The Kier molecular flexibility index (Phi) is 4.97. The zero-order valence-corrected chi connectivity index (χ0v) is 11.5. The highest BCUT2D eigenvalue weighted by molar-refractivity contribution is 5.08. The Hall–Kier alpha value is -0.900. The molecule has 0 saturated heterocycles. The SMILES string of the molecule is CCCNC(Cc1ccoc1)C1CCC(F)(F)CC1. The molecule has 0 amide bonds. The van der Waals surface area contributed by atoms with Gasteiger partial charge >= 0.3 is 0 Å². The fourth-order valence-corrected chi connectivity index (χ4v) is 2.86. The Balaban J connectivity index is 1.93. The van der Waals surface area contributed by atoms with Crippen molar-refractivity contribution in [3.63, 3.8) is 0 Å². The van der Waals surface area contributed by atoms with E-state index in [1.807, 2.05) is 6.07 Å². The minimum Gasteiger partial charge on any atom is -0.472 e. The minimum absolute atomic E-state index is 0.0351. The van der Waals surface area contributed by atoms with E-state index >= 15 is 0 Å². The highest BCUT2D eigenvalue weighted by Gasteiger charge is 2.37. The second-order valence-corrected chi connectivity index (χ2v) is 5.59. The summed E-state index contributed by atoms with van der Waals surface area (Å²) in [4.78, 5) is 0. The summed E-state index contributed by atoms with van der Waals surface area (Å²) in [6.07, 6.45) is 6.65. The second-order valence-electron chi connectivity index (χ2n) is 5.59. The lowest BCUT2D eigenvalue weighted by Crippen LogP contribution is -2.41. The lowest BCUT2D eigenvalue weighted by Gasteiger charge is -2.34. The number of hydrogen-bond donors (Lipinski definition) is 1. The highest BCUT2D eigenvalue weighted by atomic mass is 19.3. The van der Waals surface area contributed by atoms with Crippen LogP contribution in [-0.2, 0) is 6.42 Å². The molecule has 0 aromatic carbocycles. The van der Waals surface area contributed by atoms with Crippen molar-refractivity contribution in [1.82, 2.24) is 5.32 Å². The fourth-order valence-electron chi connectivity index (χ4n) is 2.86. The highest BCUT2D eigenvalue weighted by Crippen LogP contribution is 2.38. The van der Waals surface area contributed by atoms with Crippen LogP contribution in [0.15, 0.2) is 23.0 Å². The van der Waals surface area contributed by atoms with Crippen LogP contribution in [0.4, 0.5) is 8.78 Å². The van der Waals surface area contributed by atoms with E-state index in [4.69, 9.17) is 4.42 Å². The minimum atomic E-state index is -2.44. The van der Waals surface area contributed by atoms with E-state index < -0.39 is 5.92 Å². The van der Waals surface area contributed by atoms with E-state index in [0.29, 0.717) is 18.8 Å². The summed E-state index contributed by atoms with van der Waals surface area (Å²) in [6, 6.07) is 2.24. The van der Waals surface area contributed by atoms with Crippen LogP contribution in [0.25, 0.3) is 0 Å². The van der Waals surface area contributed by atoms with Crippen molar-refractivity contribution in [3.05, 3.63) is 24.2 Å². The van der Waals surface area contributed by atoms with Gasteiger partial charge in [-0.2, -0.15) is 0 Å². The maximum Gasteiger partial charge on any atom is 0.248 e. The van der Waals surface area contributed by atoms with Gasteiger partial charge in [0.15, 0.2) is 0 Å². The normalized spacial score (nSPS) is 21.4. The molecule has 1 aromatic heterocycles. The first kappa shape index (κ1) is 14.5. The second kappa shape index (κ2) is 6.51. The van der Waals surface area contributed by atoms with E-state index in [1.54, 1.807) is 12.5 Å². The Bertz CT molecular complexity index is 354. The van der Waals surface area contributed by atoms with Crippen molar-refractivity contribution >= 4 is 0 Å². The van der Waals surface area contributed by atoms with Gasteiger partial charge in [0.05, 0.1) is 12.5 Å². The number of furan rings is 1. The van der Waals surface area contributed by atoms with E-state index in [0.717, 1.165) is 24.9 Å². The molecule has 2 nitrogen and oxygen atoms in total. The first-order valence-corrected chi connectivity index (χ1v) is 7.23. The number of alkyl halides is 2. The predicted octanol–water partition coefficient (Wildman–Crippen LogP) is 4.02. The van der Waals surface area contributed by atoms with Crippen LogP contribution >= 0.6 is 0 Å². The zero-order chi connectivity index (χ0) is 13.7. The first-order chi connectivity index (χ1) is 9.11. The molecule has 2 rings (SSSR count). The summed E-state index contributed by atoms with van der Waals surface area (Å²) in [6.45, 7) is 3.06. The molecule has 1 aromatic rings. The van der Waals surface area contributed by atoms with Gasteiger partial charge in [-0.1, -0.05) is 6.92 Å². The lowest BCUT2D eigenvalue weighted by molar-refractivity contribution is -0.0495. The van der Waals surface area contributed by atoms with Crippen molar-refractivity contribution in [3.8, 4) is 0 Å². The van der Waals surface area contributed by atoms with Crippen LogP contribution in [0.1, 0.15) is 44.6 Å². The van der Waals surface area contributed by atoms with Crippen LogP contribution in [0, 0.1) is 5.92 Å². The molecule has 1 saturated carbocycles. The third-order valence-electron chi connectivity index (χ3n) is 4.02. The molecular formula is C15H23F2NO. The summed E-state index contributed by atoms with van der Waals surface area (Å²) in [5, 5.41) is 3.52. The van der Waals surface area contributed by atoms with E-state index in [1.165, 1.54) is 0 Å². The van der Waals surface area contributed by atoms with Gasteiger partial charge in [-0.3, -0.25) is 0 Å². The van der Waals surface area contributed by atoms with Crippen molar-refractivity contribution in [1.29, 1.82) is 0 Å². The number of halogens is 2. The average molecular weight is 271 g/mol. The zero-order valence-electron chi connectivity index (χ0n) is 11.5. The molecule has 4 heteroatoms. The van der Waals surface area contributed by atoms with Gasteiger partial charge in [0.2, 0.25) is 5.92 Å². The standard InChI is InChI=1S/C15H23F2NO/c1-2-8-18-14(10-12-5-9-19-11-12)13-3-6-15(16,17)7-4-13/h5,9,11,13-14,18H,2-4,6-8,10H2,1H3. The monoisotopic (exact) mass is 271 g/mol. The van der Waals surface area contributed by atoms with E-state index in [9.17, 15) is 8.78 Å². The topological polar surface area (TPSA) is 25.2 Å². The summed E-state index contributed by atoms with van der Waals surface area (Å²) >= 11 is 0. The van der Waals surface area contributed by atoms with Crippen LogP contribution in [0.3, 0.4) is 0 Å². The molecule has 1 fully saturated rings. The number of nitrogens with one attached hydrogen (secondary N) is 1. The van der Waals surface area contributed by atoms with Gasteiger partial charge < -0.3 is 9.73 Å². The first-order valence-electron chi connectivity index (χ1n) is 7.23. The molecule has 1 unspecified atom stereocenters. The van der Waals surface area contributed by atoms with Gasteiger partial charge in [-0.05, 0) is 49.8 Å². The Morgan fingerprint density at radius 2 is 2.16 bits per heavy atom. The average Bonchev–Trinajstić information content (AvgIpc) is 2.87. The van der Waals surface area contributed by atoms with Gasteiger partial charge in [0.1, 0.15) is 0 Å². The van der Waals surface area contributed by atoms with Crippen LogP contribution < -0.4 is 5.32 Å². The number of rotatable bonds is 6. The van der Waals surface area contributed by atoms with Crippen molar-refractivity contribution < 1.29 is 13.2 Å². The molecule has 1 aliphatic rings. The maximum absolute atomic E-state index is 13.2. The molecule has 0 spiro atoms. The molecule has 19 heavy (non-hydrogen) atoms. The number of hydrogen-bond acceptors (Lipinski definition) is 2. The summed E-state index contributed by atoms with van der Waals surface area (Å²) in [7, 11) is 0. The third-order valence-corrected chi connectivity index (χ3v) is 4.02. The van der Waals surface area contributed by atoms with Crippen molar-refractivity contribution in [2.45, 2.75) is 57.4 Å². The van der Waals surface area contributed by atoms with Crippen LogP contribution in [-0.4, -0.2) is 18.5 Å². The van der Waals surface area contributed by atoms with Crippen molar-refractivity contribution in [2.75, 3.05) is 6.54 Å². The Morgan fingerprint density at radius 1 is 1.42 bits per heavy atom. The van der Waals surface area contributed by atoms with Crippen LogP contribution in [0.2, 0.25) is 0 Å². The molecular weight excluding hydrogens is 248 g/mol. The Morgan fingerprint density at radius 3 is 2.74 bits per heavy atom. The molecule has 1 aliphatic carbocycles. The molecule has 0 aliphatic heterocycles. The molecule has 108 valence electrons. The third kappa shape index (κ3) is 4.30. The fraction of sp³-hybridized carbons (Fsp3) is 0.733. The predicted molar refractivity (Wildman–Crippen MR) is 71.4 cm³/mol. The van der Waals surface area contributed by atoms with Crippen molar-refractivity contribution in [2.24, 2.45) is 5.92 Å². The quantitative estimate of drug-likeness (QED) is 0.845. The molecule has 1 N–H and O–H groups in total. The summed E-state index contributed by atoms with van der Waals surface area (Å²) in [5.41, 5.74) is 1.14. The van der Waals surface area contributed by atoms with Gasteiger partial charge in [0.25, 0.3) is 0 Å². The maximum atomic E-state index is 13.2. The molecule has 0 bridgehead atoms. The lowest BCUT2D eigenvalue weighted by atomic mass is 9.80. The Labute approximate surface area is 113 Å². The van der Waals surface area contributed by atoms with E-state index in [2.05, 4.69) is 12.2 Å². The molecule has 1 atom stereocenters. The van der Waals surface area contributed by atoms with Crippen LogP contribution in [0.5, 0.6) is 0 Å². The van der Waals surface area contributed by atoms with Gasteiger partial charge in [0, 0.05) is 18.9 Å². The molecule has 1 heterocycles. The summed E-state index contributed by atoms with van der Waals surface area (Å²) < 4.78 is 31.6. The van der Waals surface area contributed by atoms with Gasteiger partial charge in [-0.15, -0.1) is 0 Å².